The molecule has 1 aromatic heterocycles. The highest BCUT2D eigenvalue weighted by Crippen LogP contribution is 2.24. The molecule has 6 heteroatoms. The molecule has 0 unspecified atom stereocenters. The summed E-state index contributed by atoms with van der Waals surface area (Å²) >= 11 is 0. The maximum Gasteiger partial charge on any atom is 0.262 e. The first-order valence-electron chi connectivity index (χ1n) is 9.30. The molecule has 0 fully saturated rings. The Balaban J connectivity index is 1.45. The summed E-state index contributed by atoms with van der Waals surface area (Å²) in [7, 11) is 0. The fraction of sp³-hybridized carbons (Fsp3) is 0.286. The normalized spacial score (nSPS) is 13.5. The van der Waals surface area contributed by atoms with Gasteiger partial charge in [0.15, 0.2) is 12.4 Å². The molecule has 0 aliphatic carbocycles. The van der Waals surface area contributed by atoms with Crippen molar-refractivity contribution in [2.45, 2.75) is 32.2 Å². The van der Waals surface area contributed by atoms with Gasteiger partial charge in [-0.05, 0) is 37.1 Å². The molecule has 0 spiro atoms. The Morgan fingerprint density at radius 2 is 1.93 bits per heavy atom. The molecular weight excluding hydrogens is 340 g/mol. The summed E-state index contributed by atoms with van der Waals surface area (Å²) in [6.45, 7) is 0.910. The molecule has 6 nitrogen and oxygen atoms in total. The van der Waals surface area contributed by atoms with Gasteiger partial charge in [0.1, 0.15) is 11.6 Å². The molecule has 1 N–H and O–H groups in total. The van der Waals surface area contributed by atoms with E-state index in [-0.39, 0.29) is 12.5 Å². The van der Waals surface area contributed by atoms with Crippen molar-refractivity contribution in [2.75, 3.05) is 11.9 Å². The van der Waals surface area contributed by atoms with E-state index in [4.69, 9.17) is 4.74 Å². The molecule has 1 aliphatic rings. The van der Waals surface area contributed by atoms with Crippen LogP contribution in [0.4, 0.5) is 5.69 Å². The van der Waals surface area contributed by atoms with Gasteiger partial charge in [-0.2, -0.15) is 0 Å². The number of benzene rings is 2. The van der Waals surface area contributed by atoms with Gasteiger partial charge in [0.05, 0.1) is 0 Å². The van der Waals surface area contributed by atoms with Crippen LogP contribution in [0.3, 0.4) is 0 Å². The zero-order valence-corrected chi connectivity index (χ0v) is 15.1. The van der Waals surface area contributed by atoms with Crippen molar-refractivity contribution < 1.29 is 9.53 Å². The Morgan fingerprint density at radius 3 is 2.81 bits per heavy atom. The van der Waals surface area contributed by atoms with Crippen molar-refractivity contribution in [2.24, 2.45) is 0 Å². The van der Waals surface area contributed by atoms with Crippen molar-refractivity contribution >= 4 is 11.6 Å². The summed E-state index contributed by atoms with van der Waals surface area (Å²) in [4.78, 5) is 12.2. The van der Waals surface area contributed by atoms with E-state index in [9.17, 15) is 4.79 Å². The van der Waals surface area contributed by atoms with Gasteiger partial charge in [-0.25, -0.2) is 0 Å². The average molecular weight is 362 g/mol. The lowest BCUT2D eigenvalue weighted by Gasteiger charge is -2.10. The standard InChI is InChI=1S/C21H22N4O2/c26-20(15-27-18-10-3-1-4-11-18)22-17-9-7-8-16(14-17)21-24-23-19-12-5-2-6-13-25(19)21/h1,3-4,7-11,14H,2,5-6,12-13,15H2,(H,22,26). The molecule has 138 valence electrons. The Hall–Kier alpha value is -3.15. The number of ether oxygens (including phenoxy) is 1. The summed E-state index contributed by atoms with van der Waals surface area (Å²) in [5.41, 5.74) is 1.68. The van der Waals surface area contributed by atoms with E-state index in [2.05, 4.69) is 20.1 Å². The SMILES string of the molecule is O=C(COc1ccccc1)Nc1cccc(-c2nnc3n2CCCCC3)c1. The third-order valence-electron chi connectivity index (χ3n) is 4.63. The average Bonchev–Trinajstić information content (AvgIpc) is 2.96. The van der Waals surface area contributed by atoms with Gasteiger partial charge in [-0.1, -0.05) is 36.8 Å². The predicted molar refractivity (Wildman–Crippen MR) is 104 cm³/mol. The Kier molecular flexibility index (Phi) is 5.14. The smallest absolute Gasteiger partial charge is 0.262 e. The first kappa shape index (κ1) is 17.3. The largest absolute Gasteiger partial charge is 0.484 e. The minimum atomic E-state index is -0.198. The number of fused-ring (bicyclic) bond motifs is 1. The van der Waals surface area contributed by atoms with Crippen LogP contribution in [0.1, 0.15) is 25.1 Å². The van der Waals surface area contributed by atoms with Crippen molar-refractivity contribution in [3.05, 3.63) is 60.4 Å². The number of carbonyl (C=O) groups is 1. The third-order valence-corrected chi connectivity index (χ3v) is 4.63. The zero-order chi connectivity index (χ0) is 18.5. The minimum absolute atomic E-state index is 0.0332. The quantitative estimate of drug-likeness (QED) is 0.752. The lowest BCUT2D eigenvalue weighted by atomic mass is 10.2. The second-order valence-corrected chi connectivity index (χ2v) is 6.63. The Bertz CT molecular complexity index is 921. The van der Waals surface area contributed by atoms with Crippen LogP contribution in [-0.2, 0) is 17.8 Å². The minimum Gasteiger partial charge on any atom is -0.484 e. The molecule has 2 aromatic carbocycles. The molecule has 2 heterocycles. The molecule has 3 aromatic rings. The van der Waals surface area contributed by atoms with Crippen molar-refractivity contribution in [3.8, 4) is 17.1 Å². The summed E-state index contributed by atoms with van der Waals surface area (Å²) < 4.78 is 7.69. The topological polar surface area (TPSA) is 69.0 Å². The molecule has 0 saturated heterocycles. The van der Waals surface area contributed by atoms with Gasteiger partial charge in [-0.15, -0.1) is 10.2 Å². The molecule has 4 rings (SSSR count). The highest BCUT2D eigenvalue weighted by atomic mass is 16.5. The molecule has 27 heavy (non-hydrogen) atoms. The van der Waals surface area contributed by atoms with E-state index in [0.717, 1.165) is 48.7 Å². The number of amides is 1. The van der Waals surface area contributed by atoms with Crippen LogP contribution in [0.2, 0.25) is 0 Å². The third kappa shape index (κ3) is 4.16. The number of nitrogens with zero attached hydrogens (tertiary/aromatic N) is 3. The van der Waals surface area contributed by atoms with Crippen LogP contribution in [0.15, 0.2) is 54.6 Å². The summed E-state index contributed by atoms with van der Waals surface area (Å²) in [6, 6.07) is 17.0. The number of nitrogens with one attached hydrogen (secondary N) is 1. The number of aryl methyl sites for hydroxylation is 1. The van der Waals surface area contributed by atoms with Crippen LogP contribution < -0.4 is 10.1 Å². The van der Waals surface area contributed by atoms with E-state index < -0.39 is 0 Å². The van der Waals surface area contributed by atoms with E-state index in [1.165, 1.54) is 6.42 Å². The van der Waals surface area contributed by atoms with Gasteiger partial charge in [0.2, 0.25) is 0 Å². The lowest BCUT2D eigenvalue weighted by Crippen LogP contribution is -2.20. The first-order valence-corrected chi connectivity index (χ1v) is 9.30. The maximum absolute atomic E-state index is 12.2. The Morgan fingerprint density at radius 1 is 1.04 bits per heavy atom. The molecule has 0 saturated carbocycles. The lowest BCUT2D eigenvalue weighted by molar-refractivity contribution is -0.118. The van der Waals surface area contributed by atoms with Crippen LogP contribution in [0.25, 0.3) is 11.4 Å². The first-order chi connectivity index (χ1) is 13.3. The fourth-order valence-electron chi connectivity index (χ4n) is 3.30. The van der Waals surface area contributed by atoms with Gasteiger partial charge >= 0.3 is 0 Å². The van der Waals surface area contributed by atoms with Gasteiger partial charge in [0, 0.05) is 24.2 Å². The van der Waals surface area contributed by atoms with E-state index in [1.807, 2.05) is 54.6 Å². The van der Waals surface area contributed by atoms with E-state index in [1.54, 1.807) is 0 Å². The van der Waals surface area contributed by atoms with Gasteiger partial charge in [0.25, 0.3) is 5.91 Å². The van der Waals surface area contributed by atoms with Crippen LogP contribution in [0, 0.1) is 0 Å². The number of para-hydroxylation sites is 1. The van der Waals surface area contributed by atoms with Crippen LogP contribution in [-0.4, -0.2) is 27.3 Å². The highest BCUT2D eigenvalue weighted by Gasteiger charge is 2.16. The van der Waals surface area contributed by atoms with E-state index >= 15 is 0 Å². The molecule has 1 amide bonds. The second-order valence-electron chi connectivity index (χ2n) is 6.63. The van der Waals surface area contributed by atoms with Crippen LogP contribution in [0.5, 0.6) is 5.75 Å². The van der Waals surface area contributed by atoms with Crippen molar-refractivity contribution in [1.29, 1.82) is 0 Å². The number of hydrogen-bond donors (Lipinski definition) is 1. The van der Waals surface area contributed by atoms with Gasteiger partial charge in [-0.3, -0.25) is 4.79 Å². The highest BCUT2D eigenvalue weighted by molar-refractivity contribution is 5.92. The molecule has 1 aliphatic heterocycles. The zero-order valence-electron chi connectivity index (χ0n) is 15.1. The molecule has 0 bridgehead atoms. The van der Waals surface area contributed by atoms with Crippen molar-refractivity contribution in [3.63, 3.8) is 0 Å². The maximum atomic E-state index is 12.2. The number of aromatic nitrogens is 3. The number of carbonyl (C=O) groups excluding carboxylic acids is 1. The molecule has 0 radical (unpaired) electrons. The fourth-order valence-corrected chi connectivity index (χ4v) is 3.30. The summed E-state index contributed by atoms with van der Waals surface area (Å²) in [6.07, 6.45) is 4.50. The number of rotatable bonds is 5. The number of hydrogen-bond acceptors (Lipinski definition) is 4. The summed E-state index contributed by atoms with van der Waals surface area (Å²) in [5.74, 6) is 2.39. The second kappa shape index (κ2) is 8.03. The van der Waals surface area contributed by atoms with E-state index in [0.29, 0.717) is 5.75 Å². The van der Waals surface area contributed by atoms with Crippen molar-refractivity contribution in [1.82, 2.24) is 14.8 Å². The van der Waals surface area contributed by atoms with Crippen LogP contribution >= 0.6 is 0 Å². The monoisotopic (exact) mass is 362 g/mol. The Labute approximate surface area is 158 Å². The summed E-state index contributed by atoms with van der Waals surface area (Å²) in [5, 5.41) is 11.6. The predicted octanol–water partition coefficient (Wildman–Crippen LogP) is 3.69. The molecule has 0 atom stereocenters. The van der Waals surface area contributed by atoms with Gasteiger partial charge < -0.3 is 14.6 Å². The molecular formula is C21H22N4O2. The number of anilines is 1.